The van der Waals surface area contributed by atoms with Crippen LogP contribution in [0, 0.1) is 0 Å². The molecule has 1 amide bonds. The predicted molar refractivity (Wildman–Crippen MR) is 77.5 cm³/mol. The van der Waals surface area contributed by atoms with Crippen LogP contribution in [0.4, 0.5) is 0 Å². The number of rotatable bonds is 5. The smallest absolute Gasteiger partial charge is 0.257 e. The van der Waals surface area contributed by atoms with Crippen LogP contribution >= 0.6 is 0 Å². The third-order valence-corrected chi connectivity index (χ3v) is 4.04. The lowest BCUT2D eigenvalue weighted by molar-refractivity contribution is 0.0580. The zero-order valence-electron chi connectivity index (χ0n) is 11.5. The maximum atomic E-state index is 12.8. The summed E-state index contributed by atoms with van der Waals surface area (Å²) in [4.78, 5) is 14.8. The van der Waals surface area contributed by atoms with Crippen molar-refractivity contribution in [3.8, 4) is 0 Å². The average Bonchev–Trinajstić information content (AvgIpc) is 2.84. The molecule has 2 aromatic rings. The monoisotopic (exact) mass is 272 g/mol. The number of pyridine rings is 1. The molecule has 3 rings (SSSR count). The lowest BCUT2D eigenvalue weighted by Crippen LogP contribution is -2.45. The first-order valence-electron chi connectivity index (χ1n) is 7.24. The maximum Gasteiger partial charge on any atom is 0.257 e. The number of carbonyl (C=O) groups is 1. The van der Waals surface area contributed by atoms with Gasteiger partial charge < -0.3 is 10.6 Å². The van der Waals surface area contributed by atoms with Crippen LogP contribution < -0.4 is 5.73 Å². The molecule has 0 aromatic carbocycles. The van der Waals surface area contributed by atoms with Gasteiger partial charge in [-0.1, -0.05) is 6.07 Å². The van der Waals surface area contributed by atoms with Crippen molar-refractivity contribution in [2.75, 3.05) is 13.1 Å². The third kappa shape index (κ3) is 2.29. The van der Waals surface area contributed by atoms with Crippen LogP contribution in [-0.4, -0.2) is 39.6 Å². The minimum atomic E-state index is 0.0874. The van der Waals surface area contributed by atoms with Gasteiger partial charge in [-0.3, -0.25) is 4.79 Å². The zero-order chi connectivity index (χ0) is 13.9. The normalized spacial score (nSPS) is 15.2. The number of nitrogens with zero attached hydrogens (tertiary/aromatic N) is 3. The summed E-state index contributed by atoms with van der Waals surface area (Å²) >= 11 is 0. The highest BCUT2D eigenvalue weighted by Gasteiger charge is 2.30. The first-order valence-corrected chi connectivity index (χ1v) is 7.24. The number of hydrogen-bond donors (Lipinski definition) is 1. The maximum absolute atomic E-state index is 12.8. The fourth-order valence-electron chi connectivity index (χ4n) is 2.66. The Bertz CT molecular complexity index is 603. The van der Waals surface area contributed by atoms with Gasteiger partial charge in [-0.05, 0) is 44.4 Å². The van der Waals surface area contributed by atoms with Crippen molar-refractivity contribution in [1.82, 2.24) is 14.5 Å². The Morgan fingerprint density at radius 1 is 1.45 bits per heavy atom. The van der Waals surface area contributed by atoms with Gasteiger partial charge in [-0.25, -0.2) is 4.52 Å². The largest absolute Gasteiger partial charge is 0.336 e. The van der Waals surface area contributed by atoms with E-state index in [1.165, 1.54) is 6.42 Å². The molecule has 0 spiro atoms. The van der Waals surface area contributed by atoms with Gasteiger partial charge in [0.05, 0.1) is 17.3 Å². The molecule has 2 aromatic heterocycles. The molecule has 1 aliphatic carbocycles. The van der Waals surface area contributed by atoms with E-state index in [1.54, 1.807) is 10.7 Å². The second-order valence-corrected chi connectivity index (χ2v) is 5.31. The van der Waals surface area contributed by atoms with Crippen molar-refractivity contribution >= 4 is 11.4 Å². The zero-order valence-corrected chi connectivity index (χ0v) is 11.5. The molecular formula is C15H20N4O. The van der Waals surface area contributed by atoms with Crippen LogP contribution in [0.25, 0.3) is 5.52 Å². The molecule has 0 unspecified atom stereocenters. The van der Waals surface area contributed by atoms with Gasteiger partial charge in [0, 0.05) is 18.8 Å². The molecule has 1 aliphatic rings. The van der Waals surface area contributed by atoms with Crippen molar-refractivity contribution in [3.63, 3.8) is 0 Å². The van der Waals surface area contributed by atoms with E-state index in [4.69, 9.17) is 5.73 Å². The number of hydrogen-bond acceptors (Lipinski definition) is 3. The topological polar surface area (TPSA) is 63.6 Å². The highest BCUT2D eigenvalue weighted by molar-refractivity contribution is 6.00. The van der Waals surface area contributed by atoms with Gasteiger partial charge in [0.15, 0.2) is 0 Å². The number of carbonyl (C=O) groups excluding carboxylic acids is 1. The molecule has 0 atom stereocenters. The first-order chi connectivity index (χ1) is 9.81. The van der Waals surface area contributed by atoms with Gasteiger partial charge in [-0.2, -0.15) is 5.10 Å². The summed E-state index contributed by atoms with van der Waals surface area (Å²) in [5.74, 6) is 0.0874. The highest BCUT2D eigenvalue weighted by atomic mass is 16.2. The van der Waals surface area contributed by atoms with Crippen molar-refractivity contribution < 1.29 is 4.79 Å². The molecule has 5 nitrogen and oxygen atoms in total. The van der Waals surface area contributed by atoms with Crippen LogP contribution in [0.5, 0.6) is 0 Å². The Labute approximate surface area is 118 Å². The number of fused-ring (bicyclic) bond motifs is 1. The summed E-state index contributed by atoms with van der Waals surface area (Å²) in [6.45, 7) is 1.36. The summed E-state index contributed by atoms with van der Waals surface area (Å²) in [5.41, 5.74) is 7.15. The summed E-state index contributed by atoms with van der Waals surface area (Å²) in [6.07, 6.45) is 7.81. The molecule has 20 heavy (non-hydrogen) atoms. The molecule has 0 aliphatic heterocycles. The van der Waals surface area contributed by atoms with E-state index in [1.807, 2.05) is 29.3 Å². The van der Waals surface area contributed by atoms with Crippen LogP contribution in [0.1, 0.15) is 36.0 Å². The second kappa shape index (κ2) is 5.63. The minimum absolute atomic E-state index is 0.0874. The van der Waals surface area contributed by atoms with Crippen LogP contribution in [-0.2, 0) is 0 Å². The summed E-state index contributed by atoms with van der Waals surface area (Å²) in [6, 6.07) is 6.16. The van der Waals surface area contributed by atoms with Crippen molar-refractivity contribution in [3.05, 3.63) is 36.2 Å². The van der Waals surface area contributed by atoms with Crippen molar-refractivity contribution in [2.24, 2.45) is 5.73 Å². The summed E-state index contributed by atoms with van der Waals surface area (Å²) in [7, 11) is 0. The summed E-state index contributed by atoms with van der Waals surface area (Å²) in [5, 5.41) is 4.25. The number of amides is 1. The molecule has 0 bridgehead atoms. The molecule has 1 fully saturated rings. The molecule has 106 valence electrons. The number of nitrogens with two attached hydrogens (primary N) is 1. The number of aromatic nitrogens is 2. The average molecular weight is 272 g/mol. The van der Waals surface area contributed by atoms with E-state index < -0.39 is 0 Å². The SMILES string of the molecule is NCCCN(C(=O)c1cnn2ccccc12)C1CCC1. The van der Waals surface area contributed by atoms with E-state index >= 15 is 0 Å². The molecule has 0 radical (unpaired) electrons. The Balaban J connectivity index is 1.88. The van der Waals surface area contributed by atoms with Crippen LogP contribution in [0.3, 0.4) is 0 Å². The fourth-order valence-corrected chi connectivity index (χ4v) is 2.66. The Morgan fingerprint density at radius 2 is 2.30 bits per heavy atom. The van der Waals surface area contributed by atoms with E-state index in [0.717, 1.165) is 31.3 Å². The van der Waals surface area contributed by atoms with Gasteiger partial charge in [-0.15, -0.1) is 0 Å². The quantitative estimate of drug-likeness (QED) is 0.900. The predicted octanol–water partition coefficient (Wildman–Crippen LogP) is 1.68. The van der Waals surface area contributed by atoms with E-state index in [2.05, 4.69) is 5.10 Å². The Hall–Kier alpha value is -1.88. The molecule has 5 heteroatoms. The Morgan fingerprint density at radius 3 is 3.00 bits per heavy atom. The van der Waals surface area contributed by atoms with E-state index in [-0.39, 0.29) is 5.91 Å². The first kappa shape index (κ1) is 13.1. The van der Waals surface area contributed by atoms with Gasteiger partial charge in [0.1, 0.15) is 0 Å². The standard InChI is InChI=1S/C15H20N4O/c16-8-4-9-18(12-5-3-6-12)15(20)13-11-17-19-10-2-1-7-14(13)19/h1-2,7,10-12H,3-6,8-9,16H2. The van der Waals surface area contributed by atoms with E-state index in [0.29, 0.717) is 18.2 Å². The van der Waals surface area contributed by atoms with Gasteiger partial charge in [0.2, 0.25) is 0 Å². The molecule has 2 N–H and O–H groups in total. The van der Waals surface area contributed by atoms with Gasteiger partial charge in [0.25, 0.3) is 5.91 Å². The molecule has 1 saturated carbocycles. The third-order valence-electron chi connectivity index (χ3n) is 4.04. The molecule has 0 saturated heterocycles. The minimum Gasteiger partial charge on any atom is -0.336 e. The molecular weight excluding hydrogens is 252 g/mol. The fraction of sp³-hybridized carbons (Fsp3) is 0.467. The highest BCUT2D eigenvalue weighted by Crippen LogP contribution is 2.27. The lowest BCUT2D eigenvalue weighted by atomic mass is 9.91. The summed E-state index contributed by atoms with van der Waals surface area (Å²) < 4.78 is 1.75. The van der Waals surface area contributed by atoms with Gasteiger partial charge >= 0.3 is 0 Å². The van der Waals surface area contributed by atoms with Crippen molar-refractivity contribution in [2.45, 2.75) is 31.7 Å². The second-order valence-electron chi connectivity index (χ2n) is 5.31. The van der Waals surface area contributed by atoms with Crippen LogP contribution in [0.2, 0.25) is 0 Å². The van der Waals surface area contributed by atoms with Crippen LogP contribution in [0.15, 0.2) is 30.6 Å². The van der Waals surface area contributed by atoms with E-state index in [9.17, 15) is 4.79 Å². The molecule has 2 heterocycles. The lowest BCUT2D eigenvalue weighted by Gasteiger charge is -2.37. The Kier molecular flexibility index (Phi) is 3.69. The van der Waals surface area contributed by atoms with Crippen molar-refractivity contribution in [1.29, 1.82) is 0 Å².